The van der Waals surface area contributed by atoms with Crippen LogP contribution in [0.4, 0.5) is 11.8 Å². The Morgan fingerprint density at radius 2 is 1.80 bits per heavy atom. The van der Waals surface area contributed by atoms with Crippen molar-refractivity contribution in [2.24, 2.45) is 5.92 Å². The number of hydrogen-bond donors (Lipinski definition) is 1. The average Bonchev–Trinajstić information content (AvgIpc) is 3.23. The molecule has 2 saturated heterocycles. The van der Waals surface area contributed by atoms with Crippen molar-refractivity contribution in [1.29, 1.82) is 0 Å². The number of anilines is 2. The highest BCUT2D eigenvalue weighted by atomic mass is 16.2. The number of fused-ring (bicyclic) bond motifs is 1. The molecule has 0 bridgehead atoms. The predicted octanol–water partition coefficient (Wildman–Crippen LogP) is 2.83. The summed E-state index contributed by atoms with van der Waals surface area (Å²) >= 11 is 0. The van der Waals surface area contributed by atoms with Crippen molar-refractivity contribution in [1.82, 2.24) is 19.9 Å². The van der Waals surface area contributed by atoms with E-state index in [0.29, 0.717) is 5.91 Å². The van der Waals surface area contributed by atoms with Crippen molar-refractivity contribution in [3.05, 3.63) is 48.2 Å². The molecule has 156 valence electrons. The third kappa shape index (κ3) is 3.72. The number of nitrogens with zero attached hydrogens (tertiary/aromatic N) is 5. The van der Waals surface area contributed by atoms with E-state index in [-0.39, 0.29) is 5.92 Å². The Labute approximate surface area is 176 Å². The van der Waals surface area contributed by atoms with Gasteiger partial charge in [-0.1, -0.05) is 12.1 Å². The molecule has 0 saturated carbocycles. The summed E-state index contributed by atoms with van der Waals surface area (Å²) in [6.45, 7) is 7.07. The number of H-pyrrole nitrogens is 1. The van der Waals surface area contributed by atoms with Gasteiger partial charge >= 0.3 is 0 Å². The van der Waals surface area contributed by atoms with Crippen LogP contribution in [0.3, 0.4) is 0 Å². The summed E-state index contributed by atoms with van der Waals surface area (Å²) in [6, 6.07) is 12.3. The van der Waals surface area contributed by atoms with Gasteiger partial charge in [-0.05, 0) is 49.6 Å². The van der Waals surface area contributed by atoms with Gasteiger partial charge < -0.3 is 19.7 Å². The van der Waals surface area contributed by atoms with Gasteiger partial charge in [0.1, 0.15) is 5.82 Å². The Kier molecular flexibility index (Phi) is 5.02. The van der Waals surface area contributed by atoms with Gasteiger partial charge in [-0.3, -0.25) is 4.79 Å². The number of aryl methyl sites for hydroxylation is 1. The van der Waals surface area contributed by atoms with Crippen LogP contribution in [-0.4, -0.2) is 65.0 Å². The quantitative estimate of drug-likeness (QED) is 0.727. The number of benzene rings is 1. The number of carbonyl (C=O) groups is 1. The summed E-state index contributed by atoms with van der Waals surface area (Å²) in [7, 11) is 0. The summed E-state index contributed by atoms with van der Waals surface area (Å²) in [5.74, 6) is 2.36. The first-order valence-corrected chi connectivity index (χ1v) is 10.8. The number of rotatable bonds is 3. The van der Waals surface area contributed by atoms with Gasteiger partial charge in [-0.15, -0.1) is 0 Å². The van der Waals surface area contributed by atoms with Crippen LogP contribution in [0.1, 0.15) is 18.4 Å². The van der Waals surface area contributed by atoms with E-state index in [2.05, 4.69) is 44.9 Å². The summed E-state index contributed by atoms with van der Waals surface area (Å²) in [5.41, 5.74) is 3.30. The minimum Gasteiger partial charge on any atom is -0.353 e. The maximum Gasteiger partial charge on any atom is 0.225 e. The minimum absolute atomic E-state index is 0.120. The van der Waals surface area contributed by atoms with E-state index in [1.165, 1.54) is 5.56 Å². The van der Waals surface area contributed by atoms with Gasteiger partial charge in [0, 0.05) is 51.4 Å². The highest BCUT2D eigenvalue weighted by Crippen LogP contribution is 2.26. The number of pyridine rings is 1. The Morgan fingerprint density at radius 3 is 2.53 bits per heavy atom. The van der Waals surface area contributed by atoms with Crippen molar-refractivity contribution in [3.8, 4) is 0 Å². The molecule has 2 fully saturated rings. The van der Waals surface area contributed by atoms with E-state index in [0.717, 1.165) is 74.9 Å². The molecular weight excluding hydrogens is 376 g/mol. The lowest BCUT2D eigenvalue weighted by atomic mass is 9.95. The first kappa shape index (κ1) is 18.9. The fourth-order valence-electron chi connectivity index (χ4n) is 4.55. The van der Waals surface area contributed by atoms with Gasteiger partial charge in [-0.2, -0.15) is 0 Å². The highest BCUT2D eigenvalue weighted by molar-refractivity contribution is 5.80. The second kappa shape index (κ2) is 7.97. The summed E-state index contributed by atoms with van der Waals surface area (Å²) in [6.07, 6.45) is 3.59. The molecule has 0 atom stereocenters. The number of carbonyl (C=O) groups excluding carboxylic acids is 1. The van der Waals surface area contributed by atoms with Crippen molar-refractivity contribution < 1.29 is 4.79 Å². The molecule has 1 N–H and O–H groups in total. The van der Waals surface area contributed by atoms with Crippen LogP contribution >= 0.6 is 0 Å². The van der Waals surface area contributed by atoms with E-state index in [1.54, 1.807) is 0 Å². The molecule has 0 unspecified atom stereocenters. The molecule has 0 aliphatic carbocycles. The molecule has 3 aromatic rings. The van der Waals surface area contributed by atoms with Gasteiger partial charge in [0.15, 0.2) is 0 Å². The third-order valence-electron chi connectivity index (χ3n) is 6.33. The second-order valence-electron chi connectivity index (χ2n) is 8.34. The zero-order chi connectivity index (χ0) is 20.5. The highest BCUT2D eigenvalue weighted by Gasteiger charge is 2.31. The molecule has 7 nitrogen and oxygen atoms in total. The molecule has 1 aromatic carbocycles. The Bertz CT molecular complexity index is 1020. The standard InChI is InChI=1S/C23H28N6O/c1-17-5-6-19-20(16-17)26-23(25-19)29-10-7-18(8-11-29)22(30)28-14-12-27(13-15-28)21-4-2-3-9-24-21/h2-6,9,16,18H,7-8,10-15H2,1H3,(H,25,26). The SMILES string of the molecule is Cc1ccc2nc(N3CCC(C(=O)N4CCN(c5ccccn5)CC4)CC3)[nH]c2c1. The molecule has 0 spiro atoms. The molecule has 7 heteroatoms. The van der Waals surface area contributed by atoms with Gasteiger partial charge in [0.25, 0.3) is 0 Å². The minimum atomic E-state index is 0.120. The predicted molar refractivity (Wildman–Crippen MR) is 119 cm³/mol. The van der Waals surface area contributed by atoms with E-state index in [9.17, 15) is 4.79 Å². The van der Waals surface area contributed by atoms with Crippen LogP contribution in [0, 0.1) is 12.8 Å². The number of aromatic nitrogens is 3. The number of imidazole rings is 1. The van der Waals surface area contributed by atoms with Gasteiger partial charge in [0.2, 0.25) is 11.9 Å². The van der Waals surface area contributed by atoms with E-state index < -0.39 is 0 Å². The number of piperidine rings is 1. The Balaban J connectivity index is 1.16. The first-order valence-electron chi connectivity index (χ1n) is 10.8. The van der Waals surface area contributed by atoms with Crippen LogP contribution in [0.2, 0.25) is 0 Å². The molecule has 2 aromatic heterocycles. The van der Waals surface area contributed by atoms with Crippen LogP contribution in [0.5, 0.6) is 0 Å². The molecule has 0 radical (unpaired) electrons. The topological polar surface area (TPSA) is 68.4 Å². The number of hydrogen-bond acceptors (Lipinski definition) is 5. The van der Waals surface area contributed by atoms with E-state index in [4.69, 9.17) is 4.98 Å². The molecule has 5 rings (SSSR count). The lowest BCUT2D eigenvalue weighted by molar-refractivity contribution is -0.136. The average molecular weight is 405 g/mol. The molecule has 4 heterocycles. The molecule has 1 amide bonds. The number of amides is 1. The van der Waals surface area contributed by atoms with Crippen molar-refractivity contribution >= 4 is 28.7 Å². The second-order valence-corrected chi connectivity index (χ2v) is 8.34. The maximum atomic E-state index is 13.1. The Morgan fingerprint density at radius 1 is 1.00 bits per heavy atom. The summed E-state index contributed by atoms with van der Waals surface area (Å²) in [5, 5.41) is 0. The smallest absolute Gasteiger partial charge is 0.225 e. The zero-order valence-electron chi connectivity index (χ0n) is 17.4. The van der Waals surface area contributed by atoms with Crippen LogP contribution < -0.4 is 9.80 Å². The molecule has 2 aliphatic rings. The maximum absolute atomic E-state index is 13.1. The summed E-state index contributed by atoms with van der Waals surface area (Å²) < 4.78 is 0. The molecule has 30 heavy (non-hydrogen) atoms. The lowest BCUT2D eigenvalue weighted by Crippen LogP contribution is -2.52. The summed E-state index contributed by atoms with van der Waals surface area (Å²) in [4.78, 5) is 32.3. The van der Waals surface area contributed by atoms with Crippen LogP contribution in [-0.2, 0) is 4.79 Å². The number of nitrogens with one attached hydrogen (secondary N) is 1. The van der Waals surface area contributed by atoms with Crippen molar-refractivity contribution in [3.63, 3.8) is 0 Å². The molecule has 2 aliphatic heterocycles. The zero-order valence-corrected chi connectivity index (χ0v) is 17.4. The number of aromatic amines is 1. The van der Waals surface area contributed by atoms with Crippen LogP contribution in [0.15, 0.2) is 42.6 Å². The lowest BCUT2D eigenvalue weighted by Gasteiger charge is -2.39. The van der Waals surface area contributed by atoms with Crippen LogP contribution in [0.25, 0.3) is 11.0 Å². The van der Waals surface area contributed by atoms with Crippen molar-refractivity contribution in [2.45, 2.75) is 19.8 Å². The number of piperazine rings is 1. The fraction of sp³-hybridized carbons (Fsp3) is 0.435. The molecular formula is C23H28N6O. The monoisotopic (exact) mass is 404 g/mol. The third-order valence-corrected chi connectivity index (χ3v) is 6.33. The normalized spacial score (nSPS) is 18.2. The van der Waals surface area contributed by atoms with Gasteiger partial charge in [0.05, 0.1) is 11.0 Å². The van der Waals surface area contributed by atoms with Gasteiger partial charge in [-0.25, -0.2) is 9.97 Å². The van der Waals surface area contributed by atoms with E-state index >= 15 is 0 Å². The fourth-order valence-corrected chi connectivity index (χ4v) is 4.55. The Hall–Kier alpha value is -3.09. The van der Waals surface area contributed by atoms with E-state index in [1.807, 2.05) is 29.3 Å². The van der Waals surface area contributed by atoms with Crippen molar-refractivity contribution in [2.75, 3.05) is 49.1 Å². The largest absolute Gasteiger partial charge is 0.353 e. The first-order chi connectivity index (χ1) is 14.7.